The second-order valence-electron chi connectivity index (χ2n) is 24.9. The minimum atomic E-state index is -4.39. The highest BCUT2D eigenvalue weighted by atomic mass is 31.2. The first-order valence-electron chi connectivity index (χ1n) is 35.3. The molecule has 10 heteroatoms. The van der Waals surface area contributed by atoms with E-state index < -0.39 is 26.5 Å². The molecule has 0 heterocycles. The maximum Gasteiger partial charge on any atom is 0.472 e. The van der Waals surface area contributed by atoms with E-state index in [-0.39, 0.29) is 32.0 Å². The zero-order chi connectivity index (χ0) is 61.2. The molecule has 84 heavy (non-hydrogen) atoms. The molecule has 2 atom stereocenters. The molecule has 0 aromatic rings. The van der Waals surface area contributed by atoms with Crippen LogP contribution < -0.4 is 0 Å². The van der Waals surface area contributed by atoms with Crippen molar-refractivity contribution in [3.8, 4) is 0 Å². The van der Waals surface area contributed by atoms with Gasteiger partial charge in [0.2, 0.25) is 0 Å². The highest BCUT2D eigenvalue weighted by molar-refractivity contribution is 7.47. The van der Waals surface area contributed by atoms with Gasteiger partial charge in [-0.25, -0.2) is 4.57 Å². The van der Waals surface area contributed by atoms with Crippen LogP contribution in [0.15, 0.2) is 85.1 Å². The van der Waals surface area contributed by atoms with Crippen molar-refractivity contribution < 1.29 is 42.1 Å². The van der Waals surface area contributed by atoms with E-state index in [0.29, 0.717) is 17.4 Å². The zero-order valence-corrected chi connectivity index (χ0v) is 56.5. The van der Waals surface area contributed by atoms with Crippen molar-refractivity contribution in [1.29, 1.82) is 0 Å². The summed E-state index contributed by atoms with van der Waals surface area (Å²) in [6.45, 7) is 4.34. The summed E-state index contributed by atoms with van der Waals surface area (Å²) in [4.78, 5) is 35.9. The molecule has 0 aliphatic rings. The molecule has 0 aromatic carbocycles. The van der Waals surface area contributed by atoms with Gasteiger partial charge >= 0.3 is 19.8 Å². The van der Waals surface area contributed by atoms with Crippen LogP contribution in [0.3, 0.4) is 0 Å². The molecule has 0 fully saturated rings. The topological polar surface area (TPSA) is 108 Å². The third kappa shape index (κ3) is 68.3. The van der Waals surface area contributed by atoms with Gasteiger partial charge in [-0.2, -0.15) is 0 Å². The van der Waals surface area contributed by atoms with Crippen LogP contribution in [0.4, 0.5) is 0 Å². The number of unbranched alkanes of at least 4 members (excludes halogenated alkanes) is 37. The molecular weight excluding hydrogens is 1060 g/mol. The van der Waals surface area contributed by atoms with Crippen LogP contribution >= 0.6 is 7.82 Å². The Morgan fingerprint density at radius 3 is 1.01 bits per heavy atom. The number of quaternary nitrogens is 1. The van der Waals surface area contributed by atoms with E-state index in [1.807, 2.05) is 21.1 Å². The largest absolute Gasteiger partial charge is 0.472 e. The van der Waals surface area contributed by atoms with E-state index in [2.05, 4.69) is 98.9 Å². The van der Waals surface area contributed by atoms with E-state index in [0.717, 1.165) is 70.6 Å². The molecule has 0 bridgehead atoms. The summed E-state index contributed by atoms with van der Waals surface area (Å²) in [7, 11) is 1.48. The third-order valence-electron chi connectivity index (χ3n) is 15.4. The van der Waals surface area contributed by atoms with E-state index in [9.17, 15) is 19.0 Å². The van der Waals surface area contributed by atoms with Crippen molar-refractivity contribution in [1.82, 2.24) is 0 Å². The van der Waals surface area contributed by atoms with E-state index >= 15 is 0 Å². The van der Waals surface area contributed by atoms with E-state index in [4.69, 9.17) is 18.5 Å². The fourth-order valence-electron chi connectivity index (χ4n) is 10.0. The number of rotatable bonds is 65. The van der Waals surface area contributed by atoms with Crippen LogP contribution in [-0.2, 0) is 32.7 Å². The molecule has 0 aliphatic carbocycles. The number of hydrogen-bond acceptors (Lipinski definition) is 7. The lowest BCUT2D eigenvalue weighted by Crippen LogP contribution is -2.37. The molecule has 2 unspecified atom stereocenters. The molecule has 1 N–H and O–H groups in total. The molecule has 9 nitrogen and oxygen atoms in total. The van der Waals surface area contributed by atoms with Crippen molar-refractivity contribution >= 4 is 19.8 Å². The monoisotopic (exact) mass is 1200 g/mol. The summed E-state index contributed by atoms with van der Waals surface area (Å²) in [5, 5.41) is 0. The molecule has 0 aliphatic heterocycles. The van der Waals surface area contributed by atoms with Gasteiger partial charge < -0.3 is 18.9 Å². The predicted molar refractivity (Wildman–Crippen MR) is 362 cm³/mol. The standard InChI is InChI=1S/C74H134NO8P/c1-6-8-10-12-14-16-18-20-22-24-26-28-30-32-33-34-35-36-37-38-39-40-41-43-45-47-49-51-53-55-57-59-61-63-65-67-74(77)83-72(71-82-84(78,79)81-69-68-75(3,4)5)70-80-73(76)66-64-62-60-58-56-54-52-50-48-46-44-42-31-29-27-25-23-21-19-17-15-13-11-9-7-2/h8,10,14,16,19-22,25-28,31,42,72H,6-7,9,11-13,15,17-18,23-24,29-30,32-41,43-71H2,1-5H3/p+1/b10-8-,16-14-,21-19-,22-20-,27-25-,28-26-,42-31-. The zero-order valence-electron chi connectivity index (χ0n) is 55.6. The first-order valence-corrected chi connectivity index (χ1v) is 36.8. The number of allylic oxidation sites excluding steroid dienone is 14. The lowest BCUT2D eigenvalue weighted by Gasteiger charge is -2.24. The minimum absolute atomic E-state index is 0.0302. The van der Waals surface area contributed by atoms with E-state index in [1.54, 1.807) is 0 Å². The van der Waals surface area contributed by atoms with Gasteiger partial charge in [0, 0.05) is 12.8 Å². The Balaban J connectivity index is 4.01. The molecule has 0 saturated carbocycles. The van der Waals surface area contributed by atoms with Crippen molar-refractivity contribution in [3.63, 3.8) is 0 Å². The number of likely N-dealkylation sites (N-methyl/N-ethyl adjacent to an activating group) is 1. The normalized spacial score (nSPS) is 13.6. The lowest BCUT2D eigenvalue weighted by molar-refractivity contribution is -0.870. The van der Waals surface area contributed by atoms with Crippen LogP contribution in [0.2, 0.25) is 0 Å². The first-order chi connectivity index (χ1) is 41.0. The second kappa shape index (κ2) is 64.7. The second-order valence-corrected chi connectivity index (χ2v) is 26.3. The summed E-state index contributed by atoms with van der Waals surface area (Å²) in [5.41, 5.74) is 0. The summed E-state index contributed by atoms with van der Waals surface area (Å²) in [6, 6.07) is 0. The van der Waals surface area contributed by atoms with Gasteiger partial charge in [-0.15, -0.1) is 0 Å². The molecule has 0 saturated heterocycles. The van der Waals surface area contributed by atoms with E-state index in [1.165, 1.54) is 218 Å². The number of phosphoric acid groups is 1. The molecule has 0 amide bonds. The summed E-state index contributed by atoms with van der Waals surface area (Å²) >= 11 is 0. The average molecular weight is 1200 g/mol. The van der Waals surface area contributed by atoms with Gasteiger partial charge in [0.25, 0.3) is 0 Å². The number of phosphoric ester groups is 1. The summed E-state index contributed by atoms with van der Waals surface area (Å²) < 4.78 is 34.7. The Kier molecular flexibility index (Phi) is 62.5. The summed E-state index contributed by atoms with van der Waals surface area (Å²) in [6.07, 6.45) is 88.3. The number of ether oxygens (including phenoxy) is 2. The lowest BCUT2D eigenvalue weighted by atomic mass is 10.0. The van der Waals surface area contributed by atoms with Gasteiger partial charge in [-0.3, -0.25) is 18.6 Å². The number of esters is 2. The quantitative estimate of drug-likeness (QED) is 0.0211. The van der Waals surface area contributed by atoms with Crippen LogP contribution in [0.1, 0.15) is 322 Å². The number of carbonyl (C=O) groups is 2. The SMILES string of the molecule is CC/C=C\C/C=C\C/C=C\C/C=C\CCCCCCCCCCCCCCCCCCCCCCCCC(=O)OC(COC(=O)CCCCCCCCCCCC/C=C\C/C=C\C/C=C\CCCCCCC)COP(=O)(O)OCC[N+](C)(C)C. The molecular formula is C74H135NO8P+. The first kappa shape index (κ1) is 81.2. The molecule has 0 rings (SSSR count). The van der Waals surface area contributed by atoms with Crippen molar-refractivity contribution in [2.75, 3.05) is 47.5 Å². The fraction of sp³-hybridized carbons (Fsp3) is 0.784. The minimum Gasteiger partial charge on any atom is -0.462 e. The van der Waals surface area contributed by atoms with Gasteiger partial charge in [0.15, 0.2) is 6.10 Å². The maximum atomic E-state index is 12.9. The van der Waals surface area contributed by atoms with Crippen molar-refractivity contribution in [2.24, 2.45) is 0 Å². The Bertz CT molecular complexity index is 1690. The third-order valence-corrected chi connectivity index (χ3v) is 16.4. The molecule has 0 radical (unpaired) electrons. The molecule has 488 valence electrons. The average Bonchev–Trinajstić information content (AvgIpc) is 3.61. The number of carbonyl (C=O) groups excluding carboxylic acids is 2. The predicted octanol–water partition coefficient (Wildman–Crippen LogP) is 22.9. The van der Waals surface area contributed by atoms with Crippen LogP contribution in [-0.4, -0.2) is 74.9 Å². The molecule has 0 aromatic heterocycles. The Morgan fingerprint density at radius 2 is 0.679 bits per heavy atom. The van der Waals surface area contributed by atoms with Gasteiger partial charge in [-0.05, 0) is 89.9 Å². The Labute approximate surface area is 520 Å². The van der Waals surface area contributed by atoms with Gasteiger partial charge in [0.1, 0.15) is 19.8 Å². The highest BCUT2D eigenvalue weighted by Crippen LogP contribution is 2.43. The fourth-order valence-corrected chi connectivity index (χ4v) is 10.8. The van der Waals surface area contributed by atoms with Crippen LogP contribution in [0.5, 0.6) is 0 Å². The maximum absolute atomic E-state index is 12.9. The van der Waals surface area contributed by atoms with Gasteiger partial charge in [0.05, 0.1) is 27.7 Å². The summed E-state index contributed by atoms with van der Waals surface area (Å²) in [5.74, 6) is -0.790. The number of nitrogens with zero attached hydrogens (tertiary/aromatic N) is 1. The highest BCUT2D eigenvalue weighted by Gasteiger charge is 2.27. The van der Waals surface area contributed by atoms with Crippen molar-refractivity contribution in [2.45, 2.75) is 328 Å². The molecule has 0 spiro atoms. The van der Waals surface area contributed by atoms with Crippen LogP contribution in [0, 0.1) is 0 Å². The Hall–Kier alpha value is -2.81. The van der Waals surface area contributed by atoms with Crippen molar-refractivity contribution in [3.05, 3.63) is 85.1 Å². The number of hydrogen-bond donors (Lipinski definition) is 1. The van der Waals surface area contributed by atoms with Crippen LogP contribution in [0.25, 0.3) is 0 Å². The van der Waals surface area contributed by atoms with Gasteiger partial charge in [-0.1, -0.05) is 304 Å². The smallest absolute Gasteiger partial charge is 0.462 e. The Morgan fingerprint density at radius 1 is 0.381 bits per heavy atom.